The summed E-state index contributed by atoms with van der Waals surface area (Å²) < 4.78 is 6.45. The van der Waals surface area contributed by atoms with Crippen molar-refractivity contribution in [2.75, 3.05) is 17.7 Å². The highest BCUT2D eigenvalue weighted by Gasteiger charge is 2.14. The van der Waals surface area contributed by atoms with Crippen molar-refractivity contribution < 1.29 is 9.53 Å². The van der Waals surface area contributed by atoms with E-state index in [-0.39, 0.29) is 5.91 Å². The molecule has 124 valence electrons. The molecule has 0 saturated carbocycles. The number of benzene rings is 2. The number of nitrogens with one attached hydrogen (secondary N) is 1. The fraction of sp³-hybridized carbons (Fsp3) is 0.222. The predicted octanol–water partition coefficient (Wildman–Crippen LogP) is 4.69. The van der Waals surface area contributed by atoms with Crippen molar-refractivity contribution in [3.05, 3.63) is 54.1 Å². The second kappa shape index (κ2) is 8.26. The molecule has 0 aliphatic carbocycles. The van der Waals surface area contributed by atoms with Crippen LogP contribution in [-0.4, -0.2) is 22.6 Å². The van der Waals surface area contributed by atoms with E-state index in [0.717, 1.165) is 15.8 Å². The van der Waals surface area contributed by atoms with E-state index in [2.05, 4.69) is 16.4 Å². The highest BCUT2D eigenvalue weighted by molar-refractivity contribution is 8.38. The minimum absolute atomic E-state index is 0.0608. The molecular weight excluding hydrogens is 340 g/mol. The minimum Gasteiger partial charge on any atom is -0.492 e. The normalized spacial score (nSPS) is 13.0. The van der Waals surface area contributed by atoms with Crippen molar-refractivity contribution >= 4 is 45.2 Å². The van der Waals surface area contributed by atoms with Gasteiger partial charge in [0.1, 0.15) is 10.1 Å². The second-order valence-electron chi connectivity index (χ2n) is 5.06. The third-order valence-corrected chi connectivity index (χ3v) is 5.59. The lowest BCUT2D eigenvalue weighted by molar-refractivity contribution is -0.113. The van der Waals surface area contributed by atoms with Crippen molar-refractivity contribution in [3.8, 4) is 5.75 Å². The summed E-state index contributed by atoms with van der Waals surface area (Å²) in [7, 11) is 0. The number of hydrogen-bond donors (Lipinski definition) is 1. The first-order valence-electron chi connectivity index (χ1n) is 7.70. The van der Waals surface area contributed by atoms with Gasteiger partial charge in [0.05, 0.1) is 23.7 Å². The molecule has 0 bridgehead atoms. The smallest absolute Gasteiger partial charge is 0.234 e. The zero-order valence-electron chi connectivity index (χ0n) is 13.3. The van der Waals surface area contributed by atoms with E-state index in [4.69, 9.17) is 4.74 Å². The number of aliphatic imine (C=N–C) groups is 1. The molecule has 24 heavy (non-hydrogen) atoms. The maximum Gasteiger partial charge on any atom is 0.234 e. The van der Waals surface area contributed by atoms with Crippen LogP contribution in [0.4, 0.5) is 11.4 Å². The first kappa shape index (κ1) is 16.9. The number of hydrogen-bond acceptors (Lipinski definition) is 5. The van der Waals surface area contributed by atoms with Crippen LogP contribution < -0.4 is 10.1 Å². The van der Waals surface area contributed by atoms with Crippen LogP contribution in [0.15, 0.2) is 53.5 Å². The van der Waals surface area contributed by atoms with Gasteiger partial charge in [-0.3, -0.25) is 4.79 Å². The van der Waals surface area contributed by atoms with E-state index in [9.17, 15) is 4.79 Å². The van der Waals surface area contributed by atoms with Gasteiger partial charge in [0.15, 0.2) is 0 Å². The number of fused-ring (bicyclic) bond motifs is 1. The van der Waals surface area contributed by atoms with E-state index >= 15 is 0 Å². The summed E-state index contributed by atoms with van der Waals surface area (Å²) in [4.78, 5) is 16.8. The molecule has 1 aliphatic heterocycles. The Morgan fingerprint density at radius 1 is 1.25 bits per heavy atom. The number of ether oxygens (including phenoxy) is 1. The number of para-hydroxylation sites is 3. The number of thioether (sulfide) groups is 2. The monoisotopic (exact) mass is 358 g/mol. The van der Waals surface area contributed by atoms with Gasteiger partial charge in [0, 0.05) is 5.75 Å². The maximum absolute atomic E-state index is 12.2. The van der Waals surface area contributed by atoms with Crippen molar-refractivity contribution in [1.82, 2.24) is 0 Å². The molecule has 4 nitrogen and oxygen atoms in total. The van der Waals surface area contributed by atoms with Crippen LogP contribution in [0.5, 0.6) is 5.75 Å². The average Bonchev–Trinajstić information content (AvgIpc) is 2.62. The van der Waals surface area contributed by atoms with E-state index in [0.29, 0.717) is 23.8 Å². The standard InChI is InChI=1S/C18H18N2O2S2/c1-2-22-16-10-6-5-9-15(16)19-17(21)12-24-18-20-14-8-4-3-7-13(14)11-23-18/h3-10H,2,11-12H2,1H3,(H,19,21). The largest absolute Gasteiger partial charge is 0.492 e. The molecule has 0 unspecified atom stereocenters. The van der Waals surface area contributed by atoms with Crippen LogP contribution in [0.3, 0.4) is 0 Å². The van der Waals surface area contributed by atoms with E-state index in [1.54, 1.807) is 11.8 Å². The minimum atomic E-state index is -0.0608. The first-order chi connectivity index (χ1) is 11.8. The Kier molecular flexibility index (Phi) is 5.82. The van der Waals surface area contributed by atoms with Crippen molar-refractivity contribution in [3.63, 3.8) is 0 Å². The summed E-state index contributed by atoms with van der Waals surface area (Å²) in [6.07, 6.45) is 0. The van der Waals surface area contributed by atoms with Crippen LogP contribution in [-0.2, 0) is 10.5 Å². The summed E-state index contributed by atoms with van der Waals surface area (Å²) >= 11 is 3.14. The number of anilines is 1. The molecule has 1 amide bonds. The number of carbonyl (C=O) groups is 1. The topological polar surface area (TPSA) is 50.7 Å². The van der Waals surface area contributed by atoms with Gasteiger partial charge in [-0.25, -0.2) is 4.99 Å². The van der Waals surface area contributed by atoms with Gasteiger partial charge in [-0.05, 0) is 30.7 Å². The molecule has 0 spiro atoms. The van der Waals surface area contributed by atoms with Gasteiger partial charge >= 0.3 is 0 Å². The van der Waals surface area contributed by atoms with Gasteiger partial charge in [-0.15, -0.1) is 0 Å². The molecule has 0 saturated heterocycles. The molecule has 6 heteroatoms. The highest BCUT2D eigenvalue weighted by Crippen LogP contribution is 2.34. The number of rotatable bonds is 5. The summed E-state index contributed by atoms with van der Waals surface area (Å²) in [6.45, 7) is 2.49. The summed E-state index contributed by atoms with van der Waals surface area (Å²) in [5, 5.41) is 2.91. The molecule has 0 aromatic heterocycles. The zero-order valence-corrected chi connectivity index (χ0v) is 15.0. The predicted molar refractivity (Wildman–Crippen MR) is 104 cm³/mol. The summed E-state index contributed by atoms with van der Waals surface area (Å²) in [5.74, 6) is 1.86. The quantitative estimate of drug-likeness (QED) is 0.842. The Bertz CT molecular complexity index is 762. The average molecular weight is 358 g/mol. The lowest BCUT2D eigenvalue weighted by Gasteiger charge is -2.14. The van der Waals surface area contributed by atoms with E-state index < -0.39 is 0 Å². The molecule has 0 radical (unpaired) electrons. The Labute approximate surface area is 150 Å². The van der Waals surface area contributed by atoms with Crippen LogP contribution in [0.1, 0.15) is 12.5 Å². The third kappa shape index (κ3) is 4.33. The second-order valence-corrected chi connectivity index (χ2v) is 7.25. The van der Waals surface area contributed by atoms with Crippen LogP contribution in [0.25, 0.3) is 0 Å². The Balaban J connectivity index is 1.58. The van der Waals surface area contributed by atoms with Crippen LogP contribution in [0, 0.1) is 0 Å². The van der Waals surface area contributed by atoms with Gasteiger partial charge in [-0.1, -0.05) is 53.9 Å². The van der Waals surface area contributed by atoms with Gasteiger partial charge in [-0.2, -0.15) is 0 Å². The van der Waals surface area contributed by atoms with Gasteiger partial charge in [0.25, 0.3) is 0 Å². The summed E-state index contributed by atoms with van der Waals surface area (Å²) in [5.41, 5.74) is 2.94. The molecule has 2 aromatic rings. The van der Waals surface area contributed by atoms with Crippen LogP contribution in [0.2, 0.25) is 0 Å². The SMILES string of the molecule is CCOc1ccccc1NC(=O)CSC1=Nc2ccccc2CS1. The molecular formula is C18H18N2O2S2. The molecule has 1 N–H and O–H groups in total. The Morgan fingerprint density at radius 2 is 2.04 bits per heavy atom. The Hall–Kier alpha value is -1.92. The van der Waals surface area contributed by atoms with Gasteiger partial charge in [0.2, 0.25) is 5.91 Å². The maximum atomic E-state index is 12.2. The van der Waals surface area contributed by atoms with Crippen molar-refractivity contribution in [1.29, 1.82) is 0 Å². The molecule has 1 heterocycles. The van der Waals surface area contributed by atoms with Crippen molar-refractivity contribution in [2.24, 2.45) is 4.99 Å². The fourth-order valence-electron chi connectivity index (χ4n) is 2.25. The van der Waals surface area contributed by atoms with E-state index in [1.807, 2.05) is 49.4 Å². The highest BCUT2D eigenvalue weighted by atomic mass is 32.2. The Morgan fingerprint density at radius 3 is 2.92 bits per heavy atom. The van der Waals surface area contributed by atoms with E-state index in [1.165, 1.54) is 17.3 Å². The third-order valence-electron chi connectivity index (χ3n) is 3.34. The lowest BCUT2D eigenvalue weighted by Crippen LogP contribution is -2.16. The zero-order chi connectivity index (χ0) is 16.8. The number of amides is 1. The number of carbonyl (C=O) groups excluding carboxylic acids is 1. The van der Waals surface area contributed by atoms with Crippen molar-refractivity contribution in [2.45, 2.75) is 12.7 Å². The number of nitrogens with zero attached hydrogens (tertiary/aromatic N) is 1. The molecule has 0 atom stereocenters. The lowest BCUT2D eigenvalue weighted by atomic mass is 10.2. The molecule has 0 fully saturated rings. The van der Waals surface area contributed by atoms with Crippen LogP contribution >= 0.6 is 23.5 Å². The molecule has 1 aliphatic rings. The fourth-order valence-corrected chi connectivity index (χ4v) is 4.11. The van der Waals surface area contributed by atoms with Gasteiger partial charge < -0.3 is 10.1 Å². The molecule has 3 rings (SSSR count). The first-order valence-corrected chi connectivity index (χ1v) is 9.67. The molecule has 2 aromatic carbocycles. The summed E-state index contributed by atoms with van der Waals surface area (Å²) in [6, 6.07) is 15.6.